The number of ketones is 1. The highest BCUT2D eigenvalue weighted by atomic mass is 16.6. The molecule has 0 spiro atoms. The molecule has 0 aromatic carbocycles. The Bertz CT molecular complexity index is 942. The van der Waals surface area contributed by atoms with E-state index in [0.29, 0.717) is 25.8 Å². The molecule has 1 aromatic rings. The van der Waals surface area contributed by atoms with E-state index in [1.165, 1.54) is 19.6 Å². The second kappa shape index (κ2) is 8.50. The Morgan fingerprint density at radius 3 is 2.64 bits per heavy atom. The molecule has 3 aliphatic rings. The van der Waals surface area contributed by atoms with Crippen LogP contribution >= 0.6 is 0 Å². The third kappa shape index (κ3) is 3.71. The summed E-state index contributed by atoms with van der Waals surface area (Å²) in [6.45, 7) is 5.94. The van der Waals surface area contributed by atoms with Gasteiger partial charge in [0.15, 0.2) is 11.9 Å². The average Bonchev–Trinajstić information content (AvgIpc) is 3.29. The van der Waals surface area contributed by atoms with Crippen molar-refractivity contribution in [3.8, 4) is 0 Å². The standard InChI is InChI=1S/C24H31NO8/c1-5-25-22(29)33-16-10-15(20(27)30-4)23(2)8-6-14-21(28)32-17(13-7-9-31-12-13)11-24(14,3)19(23)18(16)26/h7,9,12,14-17,19H,5-6,8,10-11H2,1-4H3,(H,25,29)/t14-,15-,16-,17-,19-,23-,24-/m0/s1. The third-order valence-corrected chi connectivity index (χ3v) is 8.07. The lowest BCUT2D eigenvalue weighted by Gasteiger charge is -2.60. The number of carbonyl (C=O) groups excluding carboxylic acids is 4. The van der Waals surface area contributed by atoms with Gasteiger partial charge in [0.1, 0.15) is 6.10 Å². The predicted molar refractivity (Wildman–Crippen MR) is 114 cm³/mol. The molecular formula is C24H31NO8. The number of hydrogen-bond acceptors (Lipinski definition) is 8. The minimum absolute atomic E-state index is 0.0615. The van der Waals surface area contributed by atoms with E-state index >= 15 is 0 Å². The molecule has 2 heterocycles. The molecule has 4 rings (SSSR count). The van der Waals surface area contributed by atoms with Crippen LogP contribution in [0.5, 0.6) is 0 Å². The van der Waals surface area contributed by atoms with Crippen LogP contribution in [-0.4, -0.2) is 43.6 Å². The lowest BCUT2D eigenvalue weighted by atomic mass is 9.43. The van der Waals surface area contributed by atoms with Crippen molar-refractivity contribution in [2.45, 2.75) is 58.7 Å². The molecule has 0 unspecified atom stereocenters. The monoisotopic (exact) mass is 461 g/mol. The number of esters is 2. The number of methoxy groups -OCH3 is 1. The number of rotatable bonds is 4. The first-order valence-corrected chi connectivity index (χ1v) is 11.4. The Labute approximate surface area is 192 Å². The summed E-state index contributed by atoms with van der Waals surface area (Å²) in [5.74, 6) is -2.88. The molecule has 33 heavy (non-hydrogen) atoms. The first kappa shape index (κ1) is 23.3. The molecule has 9 heteroatoms. The number of carbonyl (C=O) groups is 4. The topological polar surface area (TPSA) is 121 Å². The summed E-state index contributed by atoms with van der Waals surface area (Å²) in [6, 6.07) is 1.74. The van der Waals surface area contributed by atoms with E-state index in [1.54, 1.807) is 13.0 Å². The van der Waals surface area contributed by atoms with E-state index in [9.17, 15) is 19.2 Å². The number of furan rings is 1. The number of hydrogen-bond donors (Lipinski definition) is 1. The number of Topliss-reactive ketones (excluding diaryl/α,β-unsaturated/α-hetero) is 1. The van der Waals surface area contributed by atoms with E-state index in [0.717, 1.165) is 5.56 Å². The maximum Gasteiger partial charge on any atom is 0.407 e. The fraction of sp³-hybridized carbons (Fsp3) is 0.667. The Kier molecular flexibility index (Phi) is 6.01. The fourth-order valence-corrected chi connectivity index (χ4v) is 6.58. The van der Waals surface area contributed by atoms with Crippen molar-refractivity contribution in [1.82, 2.24) is 5.32 Å². The molecule has 2 saturated carbocycles. The maximum absolute atomic E-state index is 13.9. The van der Waals surface area contributed by atoms with Crippen molar-refractivity contribution in [3.05, 3.63) is 24.2 Å². The van der Waals surface area contributed by atoms with Gasteiger partial charge < -0.3 is 23.9 Å². The number of ether oxygens (including phenoxy) is 3. The van der Waals surface area contributed by atoms with Gasteiger partial charge in [-0.25, -0.2) is 4.79 Å². The SMILES string of the molecule is CCNC(=O)O[C@H]1C[C@@H](C(=O)OC)[C@]2(C)CC[C@H]3C(=O)O[C@H](c4ccoc4)C[C@]3(C)[C@H]2C1=O. The number of fused-ring (bicyclic) bond motifs is 3. The molecule has 1 N–H and O–H groups in total. The van der Waals surface area contributed by atoms with Gasteiger partial charge in [-0.15, -0.1) is 0 Å². The van der Waals surface area contributed by atoms with Crippen LogP contribution in [0.15, 0.2) is 23.0 Å². The van der Waals surface area contributed by atoms with Crippen molar-refractivity contribution in [2.75, 3.05) is 13.7 Å². The van der Waals surface area contributed by atoms with Gasteiger partial charge in [-0.1, -0.05) is 13.8 Å². The Hall–Kier alpha value is -2.84. The van der Waals surface area contributed by atoms with E-state index in [2.05, 4.69) is 5.32 Å². The quantitative estimate of drug-likeness (QED) is 0.536. The number of amides is 1. The molecular weight excluding hydrogens is 430 g/mol. The predicted octanol–water partition coefficient (Wildman–Crippen LogP) is 3.18. The van der Waals surface area contributed by atoms with Gasteiger partial charge in [0.2, 0.25) is 0 Å². The second-order valence-corrected chi connectivity index (χ2v) is 9.86. The van der Waals surface area contributed by atoms with Crippen LogP contribution in [0.2, 0.25) is 0 Å². The lowest BCUT2D eigenvalue weighted by molar-refractivity contribution is -0.207. The highest BCUT2D eigenvalue weighted by Gasteiger charge is 2.67. The zero-order chi connectivity index (χ0) is 24.0. The highest BCUT2D eigenvalue weighted by molar-refractivity contribution is 5.93. The largest absolute Gasteiger partial charge is 0.472 e. The molecule has 3 fully saturated rings. The van der Waals surface area contributed by atoms with Gasteiger partial charge in [0, 0.05) is 24.4 Å². The van der Waals surface area contributed by atoms with E-state index in [4.69, 9.17) is 18.6 Å². The summed E-state index contributed by atoms with van der Waals surface area (Å²) in [5.41, 5.74) is -0.815. The zero-order valence-electron chi connectivity index (χ0n) is 19.4. The van der Waals surface area contributed by atoms with Gasteiger partial charge in [-0.05, 0) is 43.1 Å². The van der Waals surface area contributed by atoms with Gasteiger partial charge in [0.05, 0.1) is 31.5 Å². The summed E-state index contributed by atoms with van der Waals surface area (Å²) >= 11 is 0. The van der Waals surface area contributed by atoms with Crippen molar-refractivity contribution in [1.29, 1.82) is 0 Å². The molecule has 180 valence electrons. The van der Waals surface area contributed by atoms with Gasteiger partial charge in [-0.2, -0.15) is 0 Å². The first-order valence-electron chi connectivity index (χ1n) is 11.4. The van der Waals surface area contributed by atoms with E-state index < -0.39 is 52.9 Å². The lowest BCUT2D eigenvalue weighted by Crippen LogP contribution is -2.65. The van der Waals surface area contributed by atoms with Crippen molar-refractivity contribution in [3.63, 3.8) is 0 Å². The molecule has 2 aliphatic carbocycles. The molecule has 7 atom stereocenters. The van der Waals surface area contributed by atoms with Crippen molar-refractivity contribution in [2.24, 2.45) is 28.6 Å². The Balaban J connectivity index is 1.76. The summed E-state index contributed by atoms with van der Waals surface area (Å²) in [5, 5.41) is 2.54. The Morgan fingerprint density at radius 2 is 2.00 bits per heavy atom. The molecule has 9 nitrogen and oxygen atoms in total. The molecule has 0 radical (unpaired) electrons. The first-order chi connectivity index (χ1) is 15.7. The van der Waals surface area contributed by atoms with Gasteiger partial charge >= 0.3 is 18.0 Å². The normalized spacial score (nSPS) is 37.9. The van der Waals surface area contributed by atoms with Crippen LogP contribution in [0, 0.1) is 28.6 Å². The van der Waals surface area contributed by atoms with Crippen LogP contribution in [0.1, 0.15) is 58.1 Å². The molecule has 0 bridgehead atoms. The number of nitrogens with one attached hydrogen (secondary N) is 1. The van der Waals surface area contributed by atoms with Crippen LogP contribution in [0.3, 0.4) is 0 Å². The summed E-state index contributed by atoms with van der Waals surface area (Å²) in [4.78, 5) is 52.0. The van der Waals surface area contributed by atoms with E-state index in [1.807, 2.05) is 13.8 Å². The smallest absolute Gasteiger partial charge is 0.407 e. The minimum atomic E-state index is -1.10. The van der Waals surface area contributed by atoms with Crippen LogP contribution in [0.25, 0.3) is 0 Å². The summed E-state index contributed by atoms with van der Waals surface area (Å²) < 4.78 is 21.5. The molecule has 1 amide bonds. The minimum Gasteiger partial charge on any atom is -0.472 e. The van der Waals surface area contributed by atoms with Gasteiger partial charge in [-0.3, -0.25) is 14.4 Å². The maximum atomic E-state index is 13.9. The van der Waals surface area contributed by atoms with E-state index in [-0.39, 0.29) is 18.2 Å². The molecule has 1 saturated heterocycles. The fourth-order valence-electron chi connectivity index (χ4n) is 6.58. The van der Waals surface area contributed by atoms with Crippen LogP contribution in [-0.2, 0) is 28.6 Å². The summed E-state index contributed by atoms with van der Waals surface area (Å²) in [7, 11) is 1.32. The van der Waals surface area contributed by atoms with Crippen molar-refractivity contribution < 1.29 is 37.8 Å². The third-order valence-electron chi connectivity index (χ3n) is 8.07. The highest BCUT2D eigenvalue weighted by Crippen LogP contribution is 2.65. The summed E-state index contributed by atoms with van der Waals surface area (Å²) in [6.07, 6.45) is 2.13. The molecule has 1 aliphatic heterocycles. The average molecular weight is 462 g/mol. The van der Waals surface area contributed by atoms with Crippen molar-refractivity contribution >= 4 is 23.8 Å². The van der Waals surface area contributed by atoms with Crippen LogP contribution in [0.4, 0.5) is 4.79 Å². The molecule has 1 aromatic heterocycles. The number of alkyl carbamates (subject to hydrolysis) is 1. The Morgan fingerprint density at radius 1 is 1.24 bits per heavy atom. The van der Waals surface area contributed by atoms with Gasteiger partial charge in [0.25, 0.3) is 0 Å². The number of cyclic esters (lactones) is 1. The van der Waals surface area contributed by atoms with Crippen LogP contribution < -0.4 is 5.32 Å². The zero-order valence-corrected chi connectivity index (χ0v) is 19.4. The second-order valence-electron chi connectivity index (χ2n) is 9.86.